The fraction of sp³-hybridized carbons (Fsp3) is 0.0625. The summed E-state index contributed by atoms with van der Waals surface area (Å²) < 4.78 is 0. The maximum absolute atomic E-state index is 10.6. The van der Waals surface area contributed by atoms with Gasteiger partial charge in [-0.2, -0.15) is 5.26 Å². The highest BCUT2D eigenvalue weighted by Gasteiger charge is 2.05. The van der Waals surface area contributed by atoms with E-state index in [1.54, 1.807) is 18.2 Å². The normalized spacial score (nSPS) is 10.9. The van der Waals surface area contributed by atoms with Crippen LogP contribution in [0.3, 0.4) is 0 Å². The number of rotatable bonds is 3. The lowest BCUT2D eigenvalue weighted by Gasteiger charge is -2.01. The molecule has 0 N–H and O–H groups in total. The molecule has 0 fully saturated rings. The molecule has 2 aromatic rings. The van der Waals surface area contributed by atoms with Crippen molar-refractivity contribution >= 4 is 17.3 Å². The number of non-ortho nitro benzene ring substituents is 1. The summed E-state index contributed by atoms with van der Waals surface area (Å²) in [5.41, 5.74) is 3.24. The monoisotopic (exact) mass is 264 g/mol. The van der Waals surface area contributed by atoms with Crippen LogP contribution in [0.25, 0.3) is 11.6 Å². The first-order chi connectivity index (χ1) is 9.60. The fourth-order valence-corrected chi connectivity index (χ4v) is 1.85. The number of nitriles is 1. The molecule has 0 aromatic heterocycles. The summed E-state index contributed by atoms with van der Waals surface area (Å²) in [6.07, 6.45) is 1.72. The van der Waals surface area contributed by atoms with Gasteiger partial charge in [0.15, 0.2) is 0 Å². The van der Waals surface area contributed by atoms with Crippen molar-refractivity contribution in [2.45, 2.75) is 6.92 Å². The molecule has 0 bridgehead atoms. The van der Waals surface area contributed by atoms with Crippen LogP contribution in [0.4, 0.5) is 5.69 Å². The van der Waals surface area contributed by atoms with Crippen molar-refractivity contribution in [1.82, 2.24) is 0 Å². The van der Waals surface area contributed by atoms with E-state index in [1.165, 1.54) is 12.1 Å². The number of allylic oxidation sites excluding steroid dienone is 1. The quantitative estimate of drug-likeness (QED) is 0.364. The van der Waals surface area contributed by atoms with Crippen molar-refractivity contribution in [3.63, 3.8) is 0 Å². The maximum Gasteiger partial charge on any atom is 0.269 e. The average molecular weight is 264 g/mol. The number of hydrogen-bond acceptors (Lipinski definition) is 3. The van der Waals surface area contributed by atoms with E-state index in [1.807, 2.05) is 31.2 Å². The first-order valence-electron chi connectivity index (χ1n) is 6.03. The Morgan fingerprint density at radius 1 is 1.25 bits per heavy atom. The Kier molecular flexibility index (Phi) is 3.92. The predicted molar refractivity (Wildman–Crippen MR) is 77.8 cm³/mol. The van der Waals surface area contributed by atoms with Crippen LogP contribution in [0.5, 0.6) is 0 Å². The molecule has 2 rings (SSSR count). The Morgan fingerprint density at radius 2 is 1.95 bits per heavy atom. The van der Waals surface area contributed by atoms with Gasteiger partial charge in [0, 0.05) is 12.1 Å². The smallest absolute Gasteiger partial charge is 0.258 e. The molecule has 2 aromatic carbocycles. The number of nitro benzene ring substituents is 1. The molecule has 4 heteroatoms. The third kappa shape index (κ3) is 3.09. The van der Waals surface area contributed by atoms with Crippen molar-refractivity contribution < 1.29 is 4.92 Å². The van der Waals surface area contributed by atoms with Crippen LogP contribution in [0.15, 0.2) is 48.5 Å². The second kappa shape index (κ2) is 5.81. The minimum absolute atomic E-state index is 0.0382. The highest BCUT2D eigenvalue weighted by atomic mass is 16.6. The zero-order valence-electron chi connectivity index (χ0n) is 10.9. The van der Waals surface area contributed by atoms with Crippen LogP contribution in [0, 0.1) is 28.4 Å². The molecule has 0 spiro atoms. The molecular formula is C16H12N2O2. The van der Waals surface area contributed by atoms with Gasteiger partial charge in [0.2, 0.25) is 0 Å². The van der Waals surface area contributed by atoms with Gasteiger partial charge in [-0.1, -0.05) is 29.8 Å². The lowest BCUT2D eigenvalue weighted by atomic mass is 10.0. The molecule has 0 saturated carbocycles. The summed E-state index contributed by atoms with van der Waals surface area (Å²) in [7, 11) is 0. The number of nitrogens with zero attached hydrogens (tertiary/aromatic N) is 2. The maximum atomic E-state index is 10.6. The van der Waals surface area contributed by atoms with Crippen molar-refractivity contribution in [1.29, 1.82) is 5.26 Å². The van der Waals surface area contributed by atoms with Gasteiger partial charge in [0.05, 0.1) is 16.6 Å². The summed E-state index contributed by atoms with van der Waals surface area (Å²) >= 11 is 0. The Morgan fingerprint density at radius 3 is 2.50 bits per heavy atom. The molecule has 0 radical (unpaired) electrons. The second-order valence-electron chi connectivity index (χ2n) is 4.39. The SMILES string of the molecule is Cc1cccc(C(C#N)=Cc2ccc([N+](=O)[O-])cc2)c1. The minimum Gasteiger partial charge on any atom is -0.258 e. The molecule has 0 aliphatic heterocycles. The Balaban J connectivity index is 2.37. The zero-order valence-corrected chi connectivity index (χ0v) is 10.9. The predicted octanol–water partition coefficient (Wildman–Crippen LogP) is 3.97. The number of benzene rings is 2. The molecule has 0 atom stereocenters. The van der Waals surface area contributed by atoms with Crippen molar-refractivity contribution in [3.05, 3.63) is 75.3 Å². The van der Waals surface area contributed by atoms with Crippen LogP contribution in [0.2, 0.25) is 0 Å². The molecule has 0 saturated heterocycles. The van der Waals surface area contributed by atoms with Gasteiger partial charge < -0.3 is 0 Å². The van der Waals surface area contributed by atoms with E-state index in [-0.39, 0.29) is 5.69 Å². The van der Waals surface area contributed by atoms with Crippen LogP contribution >= 0.6 is 0 Å². The molecule has 98 valence electrons. The molecular weight excluding hydrogens is 252 g/mol. The Hall–Kier alpha value is -2.93. The summed E-state index contributed by atoms with van der Waals surface area (Å²) in [5.74, 6) is 0. The van der Waals surface area contributed by atoms with Crippen molar-refractivity contribution in [2.24, 2.45) is 0 Å². The highest BCUT2D eigenvalue weighted by Crippen LogP contribution is 2.20. The third-order valence-corrected chi connectivity index (χ3v) is 2.86. The summed E-state index contributed by atoms with van der Waals surface area (Å²) in [6, 6.07) is 15.9. The lowest BCUT2D eigenvalue weighted by Crippen LogP contribution is -1.87. The molecule has 4 nitrogen and oxygen atoms in total. The van der Waals surface area contributed by atoms with E-state index in [0.717, 1.165) is 16.7 Å². The van der Waals surface area contributed by atoms with Gasteiger partial charge in [0.1, 0.15) is 0 Å². The van der Waals surface area contributed by atoms with Gasteiger partial charge in [-0.15, -0.1) is 0 Å². The van der Waals surface area contributed by atoms with Gasteiger partial charge in [-0.3, -0.25) is 10.1 Å². The van der Waals surface area contributed by atoms with Crippen molar-refractivity contribution in [3.8, 4) is 6.07 Å². The second-order valence-corrected chi connectivity index (χ2v) is 4.39. The van der Waals surface area contributed by atoms with Gasteiger partial charge in [0.25, 0.3) is 5.69 Å². The molecule has 0 aliphatic rings. The first kappa shape index (κ1) is 13.5. The molecule has 0 aliphatic carbocycles. The standard InChI is InChI=1S/C16H12N2O2/c1-12-3-2-4-14(9-12)15(11-17)10-13-5-7-16(8-6-13)18(19)20/h2-10H,1H3. The van der Waals surface area contributed by atoms with E-state index >= 15 is 0 Å². The topological polar surface area (TPSA) is 66.9 Å². The molecule has 20 heavy (non-hydrogen) atoms. The van der Waals surface area contributed by atoms with Gasteiger partial charge in [-0.25, -0.2) is 0 Å². The minimum atomic E-state index is -0.445. The van der Waals surface area contributed by atoms with E-state index in [2.05, 4.69) is 6.07 Å². The first-order valence-corrected chi connectivity index (χ1v) is 6.03. The third-order valence-electron chi connectivity index (χ3n) is 2.86. The van der Waals surface area contributed by atoms with E-state index in [0.29, 0.717) is 5.57 Å². The average Bonchev–Trinajstić information content (AvgIpc) is 2.45. The fourth-order valence-electron chi connectivity index (χ4n) is 1.85. The van der Waals surface area contributed by atoms with E-state index in [9.17, 15) is 15.4 Å². The van der Waals surface area contributed by atoms with Gasteiger partial charge in [-0.05, 0) is 36.3 Å². The Bertz CT molecular complexity index is 710. The Labute approximate surface area is 116 Å². The summed E-state index contributed by atoms with van der Waals surface area (Å²) in [5, 5.41) is 19.8. The van der Waals surface area contributed by atoms with Crippen LogP contribution in [-0.4, -0.2) is 4.92 Å². The molecule has 0 heterocycles. The summed E-state index contributed by atoms with van der Waals surface area (Å²) in [4.78, 5) is 10.1. The lowest BCUT2D eigenvalue weighted by molar-refractivity contribution is -0.384. The highest BCUT2D eigenvalue weighted by molar-refractivity contribution is 5.89. The molecule has 0 unspecified atom stereocenters. The number of nitro groups is 1. The van der Waals surface area contributed by atoms with E-state index in [4.69, 9.17) is 0 Å². The zero-order chi connectivity index (χ0) is 14.5. The number of hydrogen-bond donors (Lipinski definition) is 0. The summed E-state index contributed by atoms with van der Waals surface area (Å²) in [6.45, 7) is 1.96. The van der Waals surface area contributed by atoms with Crippen LogP contribution < -0.4 is 0 Å². The number of aryl methyl sites for hydroxylation is 1. The van der Waals surface area contributed by atoms with Crippen molar-refractivity contribution in [2.75, 3.05) is 0 Å². The van der Waals surface area contributed by atoms with Crippen LogP contribution in [-0.2, 0) is 0 Å². The molecule has 0 amide bonds. The largest absolute Gasteiger partial charge is 0.269 e. The van der Waals surface area contributed by atoms with Crippen LogP contribution in [0.1, 0.15) is 16.7 Å². The van der Waals surface area contributed by atoms with E-state index < -0.39 is 4.92 Å². The van der Waals surface area contributed by atoms with Gasteiger partial charge >= 0.3 is 0 Å².